The molecule has 3 aromatic rings. The average Bonchev–Trinajstić information content (AvgIpc) is 2.55. The predicted molar refractivity (Wildman–Crippen MR) is 88.4 cm³/mol. The SMILES string of the molecule is CCCc1ccc(C(O)c2ccc3ccccc3c2)cc1. The molecule has 0 aromatic heterocycles. The molecule has 1 N–H and O–H groups in total. The summed E-state index contributed by atoms with van der Waals surface area (Å²) in [5.74, 6) is 0. The molecule has 0 saturated heterocycles. The molecule has 0 aliphatic heterocycles. The molecule has 106 valence electrons. The molecule has 1 nitrogen and oxygen atoms in total. The van der Waals surface area contributed by atoms with Crippen molar-refractivity contribution in [3.63, 3.8) is 0 Å². The highest BCUT2D eigenvalue weighted by Crippen LogP contribution is 2.25. The minimum absolute atomic E-state index is 0.565. The van der Waals surface area contributed by atoms with E-state index < -0.39 is 6.10 Å². The van der Waals surface area contributed by atoms with Crippen LogP contribution in [-0.4, -0.2) is 5.11 Å². The minimum Gasteiger partial charge on any atom is -0.384 e. The van der Waals surface area contributed by atoms with Crippen molar-refractivity contribution in [2.24, 2.45) is 0 Å². The van der Waals surface area contributed by atoms with Crippen LogP contribution in [0.2, 0.25) is 0 Å². The van der Waals surface area contributed by atoms with Crippen molar-refractivity contribution in [1.82, 2.24) is 0 Å². The van der Waals surface area contributed by atoms with Crippen LogP contribution in [0.25, 0.3) is 10.8 Å². The van der Waals surface area contributed by atoms with Crippen LogP contribution in [0.5, 0.6) is 0 Å². The van der Waals surface area contributed by atoms with Gasteiger partial charge < -0.3 is 5.11 Å². The fourth-order valence-corrected chi connectivity index (χ4v) is 2.73. The maximum absolute atomic E-state index is 10.6. The zero-order valence-corrected chi connectivity index (χ0v) is 12.3. The number of benzene rings is 3. The molecule has 3 rings (SSSR count). The van der Waals surface area contributed by atoms with Crippen LogP contribution in [0.3, 0.4) is 0 Å². The van der Waals surface area contributed by atoms with Gasteiger partial charge in [0.1, 0.15) is 6.10 Å². The first-order valence-corrected chi connectivity index (χ1v) is 7.53. The molecule has 0 saturated carbocycles. The fourth-order valence-electron chi connectivity index (χ4n) is 2.73. The highest BCUT2D eigenvalue weighted by Gasteiger charge is 2.10. The summed E-state index contributed by atoms with van der Waals surface area (Å²) in [5.41, 5.74) is 3.22. The number of hydrogen-bond acceptors (Lipinski definition) is 1. The Kier molecular flexibility index (Phi) is 4.03. The second-order valence-corrected chi connectivity index (χ2v) is 5.50. The molecule has 0 fully saturated rings. The second-order valence-electron chi connectivity index (χ2n) is 5.50. The van der Waals surface area contributed by atoms with Crippen molar-refractivity contribution < 1.29 is 5.11 Å². The van der Waals surface area contributed by atoms with Gasteiger partial charge in [0.25, 0.3) is 0 Å². The summed E-state index contributed by atoms with van der Waals surface area (Å²) in [4.78, 5) is 0. The van der Waals surface area contributed by atoms with Crippen LogP contribution in [0.4, 0.5) is 0 Å². The minimum atomic E-state index is -0.565. The zero-order valence-electron chi connectivity index (χ0n) is 12.3. The van der Waals surface area contributed by atoms with Crippen molar-refractivity contribution in [3.05, 3.63) is 83.4 Å². The normalized spacial score (nSPS) is 12.5. The van der Waals surface area contributed by atoms with Crippen molar-refractivity contribution in [3.8, 4) is 0 Å². The smallest absolute Gasteiger partial charge is 0.104 e. The summed E-state index contributed by atoms with van der Waals surface area (Å²) in [6.45, 7) is 2.18. The Labute approximate surface area is 125 Å². The molecule has 1 unspecified atom stereocenters. The van der Waals surface area contributed by atoms with Gasteiger partial charge in [0.05, 0.1) is 0 Å². The Morgan fingerprint density at radius 1 is 0.810 bits per heavy atom. The van der Waals surface area contributed by atoms with Crippen LogP contribution in [0.1, 0.15) is 36.1 Å². The summed E-state index contributed by atoms with van der Waals surface area (Å²) in [5, 5.41) is 12.9. The molecular formula is C20H20O. The van der Waals surface area contributed by atoms with Gasteiger partial charge in [-0.1, -0.05) is 74.0 Å². The molecule has 0 aliphatic carbocycles. The van der Waals surface area contributed by atoms with Gasteiger partial charge in [0.2, 0.25) is 0 Å². The van der Waals surface area contributed by atoms with Gasteiger partial charge in [-0.3, -0.25) is 0 Å². The molecule has 1 heteroatoms. The summed E-state index contributed by atoms with van der Waals surface area (Å²) < 4.78 is 0. The van der Waals surface area contributed by atoms with Crippen LogP contribution >= 0.6 is 0 Å². The third-order valence-corrected chi connectivity index (χ3v) is 3.92. The van der Waals surface area contributed by atoms with Gasteiger partial charge in [-0.25, -0.2) is 0 Å². The molecule has 0 heterocycles. The van der Waals surface area contributed by atoms with Gasteiger partial charge in [-0.2, -0.15) is 0 Å². The molecule has 0 spiro atoms. The van der Waals surface area contributed by atoms with E-state index in [-0.39, 0.29) is 0 Å². The molecule has 0 radical (unpaired) electrons. The van der Waals surface area contributed by atoms with E-state index in [9.17, 15) is 5.11 Å². The lowest BCUT2D eigenvalue weighted by atomic mass is 9.97. The highest BCUT2D eigenvalue weighted by molar-refractivity contribution is 5.83. The van der Waals surface area contributed by atoms with Gasteiger partial charge in [-0.15, -0.1) is 0 Å². The third kappa shape index (κ3) is 2.98. The summed E-state index contributed by atoms with van der Waals surface area (Å²) in [6, 6.07) is 22.7. The Morgan fingerprint density at radius 3 is 2.19 bits per heavy atom. The lowest BCUT2D eigenvalue weighted by Gasteiger charge is -2.13. The van der Waals surface area contributed by atoms with Gasteiger partial charge in [0.15, 0.2) is 0 Å². The molecule has 21 heavy (non-hydrogen) atoms. The summed E-state index contributed by atoms with van der Waals surface area (Å²) in [6.07, 6.45) is 1.67. The van der Waals surface area contributed by atoms with Crippen molar-refractivity contribution in [2.75, 3.05) is 0 Å². The first-order valence-electron chi connectivity index (χ1n) is 7.53. The Bertz CT molecular complexity index is 728. The second kappa shape index (κ2) is 6.11. The first-order chi connectivity index (χ1) is 10.3. The molecule has 0 bridgehead atoms. The average molecular weight is 276 g/mol. The van der Waals surface area contributed by atoms with E-state index in [1.807, 2.05) is 30.3 Å². The van der Waals surface area contributed by atoms with Crippen molar-refractivity contribution in [1.29, 1.82) is 0 Å². The van der Waals surface area contributed by atoms with E-state index in [1.165, 1.54) is 10.9 Å². The summed E-state index contributed by atoms with van der Waals surface area (Å²) >= 11 is 0. The summed E-state index contributed by atoms with van der Waals surface area (Å²) in [7, 11) is 0. The van der Waals surface area contributed by atoms with Crippen molar-refractivity contribution >= 4 is 10.8 Å². The van der Waals surface area contributed by atoms with E-state index in [1.54, 1.807) is 0 Å². The molecule has 1 atom stereocenters. The lowest BCUT2D eigenvalue weighted by Crippen LogP contribution is -1.99. The predicted octanol–water partition coefficient (Wildman–Crippen LogP) is 4.87. The Hall–Kier alpha value is -2.12. The third-order valence-electron chi connectivity index (χ3n) is 3.92. The first kappa shape index (κ1) is 13.8. The van der Waals surface area contributed by atoms with E-state index in [2.05, 4.69) is 43.3 Å². The maximum atomic E-state index is 10.6. The molecular weight excluding hydrogens is 256 g/mol. The van der Waals surface area contributed by atoms with E-state index in [0.29, 0.717) is 0 Å². The van der Waals surface area contributed by atoms with Crippen LogP contribution in [0, 0.1) is 0 Å². The Morgan fingerprint density at radius 2 is 1.48 bits per heavy atom. The topological polar surface area (TPSA) is 20.2 Å². The number of aliphatic hydroxyl groups excluding tert-OH is 1. The number of aryl methyl sites for hydroxylation is 1. The number of rotatable bonds is 4. The van der Waals surface area contributed by atoms with E-state index in [4.69, 9.17) is 0 Å². The van der Waals surface area contributed by atoms with Crippen molar-refractivity contribution in [2.45, 2.75) is 25.9 Å². The number of hydrogen-bond donors (Lipinski definition) is 1. The standard InChI is InChI=1S/C20H20O/c1-2-5-15-8-10-17(11-9-15)20(21)19-13-12-16-6-3-4-7-18(16)14-19/h3-4,6-14,20-21H,2,5H2,1H3. The van der Waals surface area contributed by atoms with Crippen LogP contribution in [-0.2, 0) is 6.42 Å². The monoisotopic (exact) mass is 276 g/mol. The molecule has 3 aromatic carbocycles. The largest absolute Gasteiger partial charge is 0.384 e. The van der Waals surface area contributed by atoms with Crippen LogP contribution < -0.4 is 0 Å². The van der Waals surface area contributed by atoms with E-state index in [0.717, 1.165) is 29.4 Å². The maximum Gasteiger partial charge on any atom is 0.104 e. The molecule has 0 aliphatic rings. The van der Waals surface area contributed by atoms with E-state index >= 15 is 0 Å². The fraction of sp³-hybridized carbons (Fsp3) is 0.200. The lowest BCUT2D eigenvalue weighted by molar-refractivity contribution is 0.220. The number of fused-ring (bicyclic) bond motifs is 1. The van der Waals surface area contributed by atoms with Gasteiger partial charge >= 0.3 is 0 Å². The van der Waals surface area contributed by atoms with Crippen LogP contribution in [0.15, 0.2) is 66.7 Å². The quantitative estimate of drug-likeness (QED) is 0.720. The Balaban J connectivity index is 1.90. The molecule has 0 amide bonds. The number of aliphatic hydroxyl groups is 1. The zero-order chi connectivity index (χ0) is 14.7. The van der Waals surface area contributed by atoms with Gasteiger partial charge in [0, 0.05) is 0 Å². The highest BCUT2D eigenvalue weighted by atomic mass is 16.3. The van der Waals surface area contributed by atoms with Gasteiger partial charge in [-0.05, 0) is 39.9 Å².